The molecular formula is C28H34N4O4S2. The Kier molecular flexibility index (Phi) is 8.99. The van der Waals surface area contributed by atoms with Crippen LogP contribution in [0.25, 0.3) is 0 Å². The number of nitrogens with two attached hydrogens (primary N) is 1. The Morgan fingerprint density at radius 1 is 1.08 bits per heavy atom. The molecule has 3 aromatic rings. The standard InChI is InChI=1S/C28H34N4O4S2/c1-3-5-16-32(4-2)38(35,36)22-13-11-21(12-14-22)27(34)30-28-25(26(29)33)23-15-17-31(19-24(23)37-28)18-20-9-7-6-8-10-20/h6-14H,3-5,15-19H2,1-2H3,(H2,29,33)(H,30,34). The van der Waals surface area contributed by atoms with Crippen molar-refractivity contribution in [2.45, 2.75) is 51.1 Å². The van der Waals surface area contributed by atoms with Gasteiger partial charge in [0.25, 0.3) is 11.8 Å². The van der Waals surface area contributed by atoms with Crippen LogP contribution in [-0.2, 0) is 29.5 Å². The highest BCUT2D eigenvalue weighted by molar-refractivity contribution is 7.89. The highest BCUT2D eigenvalue weighted by Crippen LogP contribution is 2.37. The maximum atomic E-state index is 13.1. The van der Waals surface area contributed by atoms with Crippen molar-refractivity contribution >= 4 is 38.2 Å². The molecule has 0 bridgehead atoms. The van der Waals surface area contributed by atoms with E-state index in [1.807, 2.05) is 32.0 Å². The van der Waals surface area contributed by atoms with E-state index in [9.17, 15) is 18.0 Å². The number of fused-ring (bicyclic) bond motifs is 1. The maximum Gasteiger partial charge on any atom is 0.256 e. The number of amides is 2. The molecule has 0 saturated carbocycles. The lowest BCUT2D eigenvalue weighted by Crippen LogP contribution is -2.31. The molecule has 0 radical (unpaired) electrons. The van der Waals surface area contributed by atoms with E-state index >= 15 is 0 Å². The van der Waals surface area contributed by atoms with E-state index < -0.39 is 21.8 Å². The van der Waals surface area contributed by atoms with Crippen LogP contribution >= 0.6 is 11.3 Å². The van der Waals surface area contributed by atoms with Gasteiger partial charge in [0, 0.05) is 43.2 Å². The Morgan fingerprint density at radius 2 is 1.79 bits per heavy atom. The van der Waals surface area contributed by atoms with Crippen molar-refractivity contribution in [2.24, 2.45) is 5.73 Å². The zero-order valence-electron chi connectivity index (χ0n) is 21.8. The minimum Gasteiger partial charge on any atom is -0.365 e. The number of carbonyl (C=O) groups is 2. The Morgan fingerprint density at radius 3 is 2.42 bits per heavy atom. The number of primary amides is 1. The third-order valence-corrected chi connectivity index (χ3v) is 9.85. The minimum atomic E-state index is -3.63. The number of nitrogens with one attached hydrogen (secondary N) is 1. The van der Waals surface area contributed by atoms with E-state index in [0.29, 0.717) is 42.2 Å². The summed E-state index contributed by atoms with van der Waals surface area (Å²) in [7, 11) is -3.63. The van der Waals surface area contributed by atoms with Gasteiger partial charge in [-0.3, -0.25) is 14.5 Å². The van der Waals surface area contributed by atoms with Gasteiger partial charge in [0.15, 0.2) is 0 Å². The Balaban J connectivity index is 1.50. The van der Waals surface area contributed by atoms with Gasteiger partial charge in [-0.2, -0.15) is 4.31 Å². The Labute approximate surface area is 228 Å². The van der Waals surface area contributed by atoms with E-state index in [-0.39, 0.29) is 4.90 Å². The SMILES string of the molecule is CCCCN(CC)S(=O)(=O)c1ccc(C(=O)Nc2sc3c(c2C(N)=O)CCN(Cc2ccccc2)C3)cc1. The number of sulfonamides is 1. The van der Waals surface area contributed by atoms with E-state index in [0.717, 1.165) is 36.4 Å². The summed E-state index contributed by atoms with van der Waals surface area (Å²) in [5, 5.41) is 3.28. The molecule has 0 saturated heterocycles. The number of carbonyl (C=O) groups excluding carboxylic acids is 2. The molecule has 38 heavy (non-hydrogen) atoms. The molecule has 0 fully saturated rings. The van der Waals surface area contributed by atoms with E-state index in [1.54, 1.807) is 0 Å². The van der Waals surface area contributed by atoms with Crippen molar-refractivity contribution in [2.75, 3.05) is 25.0 Å². The van der Waals surface area contributed by atoms with Crippen LogP contribution in [0.4, 0.5) is 5.00 Å². The van der Waals surface area contributed by atoms with Crippen molar-refractivity contribution in [1.82, 2.24) is 9.21 Å². The molecule has 2 aromatic carbocycles. The summed E-state index contributed by atoms with van der Waals surface area (Å²) in [6.07, 6.45) is 2.35. The average Bonchev–Trinajstić information content (AvgIpc) is 3.27. The van der Waals surface area contributed by atoms with Crippen molar-refractivity contribution < 1.29 is 18.0 Å². The first-order valence-corrected chi connectivity index (χ1v) is 15.1. The molecule has 8 nitrogen and oxygen atoms in total. The molecular weight excluding hydrogens is 520 g/mol. The van der Waals surface area contributed by atoms with E-state index in [1.165, 1.54) is 45.5 Å². The summed E-state index contributed by atoms with van der Waals surface area (Å²) in [5.41, 5.74) is 8.51. The summed E-state index contributed by atoms with van der Waals surface area (Å²) in [5.74, 6) is -0.989. The van der Waals surface area contributed by atoms with Gasteiger partial charge in [0.05, 0.1) is 10.5 Å². The number of benzene rings is 2. The number of unbranched alkanes of at least 4 members (excludes halogenated alkanes) is 1. The van der Waals surface area contributed by atoms with Crippen molar-refractivity contribution in [3.63, 3.8) is 0 Å². The van der Waals surface area contributed by atoms with Crippen molar-refractivity contribution in [3.8, 4) is 0 Å². The monoisotopic (exact) mass is 554 g/mol. The summed E-state index contributed by atoms with van der Waals surface area (Å²) in [6, 6.07) is 16.1. The second-order valence-corrected chi connectivity index (χ2v) is 12.4. The van der Waals surface area contributed by atoms with Crippen LogP contribution in [-0.4, -0.2) is 49.1 Å². The molecule has 4 rings (SSSR count). The smallest absolute Gasteiger partial charge is 0.256 e. The predicted molar refractivity (Wildman–Crippen MR) is 151 cm³/mol. The van der Waals surface area contributed by atoms with Gasteiger partial charge in [-0.15, -0.1) is 11.3 Å². The van der Waals surface area contributed by atoms with Crippen LogP contribution in [0.15, 0.2) is 59.5 Å². The second kappa shape index (κ2) is 12.2. The number of nitrogens with zero attached hydrogens (tertiary/aromatic N) is 2. The molecule has 2 heterocycles. The van der Waals surface area contributed by atoms with Crippen LogP contribution in [0.3, 0.4) is 0 Å². The summed E-state index contributed by atoms with van der Waals surface area (Å²) in [4.78, 5) is 28.9. The third-order valence-electron chi connectivity index (χ3n) is 6.73. The first-order valence-electron chi connectivity index (χ1n) is 12.9. The van der Waals surface area contributed by atoms with Gasteiger partial charge in [-0.1, -0.05) is 50.6 Å². The first-order chi connectivity index (χ1) is 18.2. The number of anilines is 1. The predicted octanol–water partition coefficient (Wildman–Crippen LogP) is 4.47. The summed E-state index contributed by atoms with van der Waals surface area (Å²) >= 11 is 1.37. The fourth-order valence-corrected chi connectivity index (χ4v) is 7.45. The fourth-order valence-electron chi connectivity index (χ4n) is 4.67. The largest absolute Gasteiger partial charge is 0.365 e. The van der Waals surface area contributed by atoms with Gasteiger partial charge in [0.1, 0.15) is 5.00 Å². The van der Waals surface area contributed by atoms with Gasteiger partial charge >= 0.3 is 0 Å². The lowest BCUT2D eigenvalue weighted by atomic mass is 10.0. The zero-order valence-corrected chi connectivity index (χ0v) is 23.4. The van der Waals surface area contributed by atoms with Crippen LogP contribution < -0.4 is 11.1 Å². The number of hydrogen-bond acceptors (Lipinski definition) is 6. The minimum absolute atomic E-state index is 0.148. The zero-order chi connectivity index (χ0) is 27.3. The number of hydrogen-bond donors (Lipinski definition) is 2. The quantitative estimate of drug-likeness (QED) is 0.363. The first kappa shape index (κ1) is 28.0. The van der Waals surface area contributed by atoms with Crippen LogP contribution in [0.1, 0.15) is 63.4 Å². The topological polar surface area (TPSA) is 113 Å². The molecule has 1 aliphatic heterocycles. The highest BCUT2D eigenvalue weighted by Gasteiger charge is 2.28. The summed E-state index contributed by atoms with van der Waals surface area (Å²) in [6.45, 7) is 6.93. The molecule has 0 atom stereocenters. The molecule has 1 aromatic heterocycles. The Hall–Kier alpha value is -3.05. The summed E-state index contributed by atoms with van der Waals surface area (Å²) < 4.78 is 27.4. The number of rotatable bonds is 11. The van der Waals surface area contributed by atoms with Crippen molar-refractivity contribution in [3.05, 3.63) is 81.7 Å². The molecule has 0 spiro atoms. The fraction of sp³-hybridized carbons (Fsp3) is 0.357. The highest BCUT2D eigenvalue weighted by atomic mass is 32.2. The molecule has 1 aliphatic rings. The number of thiophene rings is 1. The molecule has 3 N–H and O–H groups in total. The van der Waals surface area contributed by atoms with E-state index in [4.69, 9.17) is 5.73 Å². The van der Waals surface area contributed by atoms with Crippen LogP contribution in [0.2, 0.25) is 0 Å². The van der Waals surface area contributed by atoms with Crippen LogP contribution in [0, 0.1) is 0 Å². The molecule has 2 amide bonds. The molecule has 0 unspecified atom stereocenters. The van der Waals surface area contributed by atoms with E-state index in [2.05, 4.69) is 22.3 Å². The maximum absolute atomic E-state index is 13.1. The average molecular weight is 555 g/mol. The van der Waals surface area contributed by atoms with Crippen LogP contribution in [0.5, 0.6) is 0 Å². The molecule has 10 heteroatoms. The third kappa shape index (κ3) is 6.15. The van der Waals surface area contributed by atoms with Gasteiger partial charge < -0.3 is 11.1 Å². The normalized spacial score (nSPS) is 13.9. The Bertz CT molecular complexity index is 1390. The molecule has 202 valence electrons. The van der Waals surface area contributed by atoms with Gasteiger partial charge in [-0.05, 0) is 48.2 Å². The van der Waals surface area contributed by atoms with Gasteiger partial charge in [-0.25, -0.2) is 8.42 Å². The lowest BCUT2D eigenvalue weighted by Gasteiger charge is -2.27. The second-order valence-electron chi connectivity index (χ2n) is 9.35. The van der Waals surface area contributed by atoms with Gasteiger partial charge in [0.2, 0.25) is 10.0 Å². The lowest BCUT2D eigenvalue weighted by molar-refractivity contribution is 0.0999. The van der Waals surface area contributed by atoms with Crippen molar-refractivity contribution in [1.29, 1.82) is 0 Å². The molecule has 0 aliphatic carbocycles.